The predicted molar refractivity (Wildman–Crippen MR) is 89.2 cm³/mol. The Balaban J connectivity index is 2.36. The van der Waals surface area contributed by atoms with Crippen LogP contribution in [0.3, 0.4) is 0 Å². The van der Waals surface area contributed by atoms with E-state index in [0.717, 1.165) is 48.1 Å². The maximum atomic E-state index is 6.41. The Labute approximate surface area is 132 Å². The number of piperazine rings is 1. The summed E-state index contributed by atoms with van der Waals surface area (Å²) in [6.45, 7) is 8.71. The first-order valence-corrected chi connectivity index (χ1v) is 8.27. The van der Waals surface area contributed by atoms with Crippen molar-refractivity contribution in [2.24, 2.45) is 0 Å². The fourth-order valence-corrected chi connectivity index (χ4v) is 3.42. The molecule has 2 nitrogen and oxygen atoms in total. The molecule has 1 N–H and O–H groups in total. The smallest absolute Gasteiger partial charge is 0.0640 e. The average Bonchev–Trinajstić information content (AvgIpc) is 2.49. The van der Waals surface area contributed by atoms with Crippen molar-refractivity contribution >= 4 is 28.9 Å². The summed E-state index contributed by atoms with van der Waals surface area (Å²) in [5.74, 6) is 0. The van der Waals surface area contributed by atoms with Crippen LogP contribution in [0.15, 0.2) is 18.2 Å². The van der Waals surface area contributed by atoms with E-state index in [1.165, 1.54) is 0 Å². The highest BCUT2D eigenvalue weighted by molar-refractivity contribution is 6.35. The first-order chi connectivity index (χ1) is 9.55. The van der Waals surface area contributed by atoms with Crippen molar-refractivity contribution in [3.05, 3.63) is 28.2 Å². The third kappa shape index (κ3) is 3.08. The van der Waals surface area contributed by atoms with Crippen LogP contribution in [0.5, 0.6) is 0 Å². The molecule has 0 aliphatic carbocycles. The largest absolute Gasteiger partial charge is 0.364 e. The summed E-state index contributed by atoms with van der Waals surface area (Å²) < 4.78 is 0. The van der Waals surface area contributed by atoms with Gasteiger partial charge in [-0.3, -0.25) is 0 Å². The van der Waals surface area contributed by atoms with E-state index in [9.17, 15) is 0 Å². The van der Waals surface area contributed by atoms with E-state index in [-0.39, 0.29) is 5.54 Å². The normalized spacial score (nSPS) is 22.1. The van der Waals surface area contributed by atoms with Crippen LogP contribution in [0, 0.1) is 0 Å². The summed E-state index contributed by atoms with van der Waals surface area (Å²) in [6, 6.07) is 6.21. The summed E-state index contributed by atoms with van der Waals surface area (Å²) in [5, 5.41) is 5.28. The lowest BCUT2D eigenvalue weighted by Crippen LogP contribution is -2.64. The minimum atomic E-state index is 0.178. The van der Waals surface area contributed by atoms with Gasteiger partial charge in [-0.2, -0.15) is 0 Å². The number of hydrogen-bond acceptors (Lipinski definition) is 2. The molecule has 20 heavy (non-hydrogen) atoms. The summed E-state index contributed by atoms with van der Waals surface area (Å²) in [6.07, 6.45) is 3.34. The van der Waals surface area contributed by atoms with Crippen LogP contribution in [-0.4, -0.2) is 24.7 Å². The fraction of sp³-hybridized carbons (Fsp3) is 0.625. The summed E-state index contributed by atoms with van der Waals surface area (Å²) in [7, 11) is 0. The van der Waals surface area contributed by atoms with Gasteiger partial charge < -0.3 is 10.2 Å². The summed E-state index contributed by atoms with van der Waals surface area (Å²) in [4.78, 5) is 2.44. The maximum absolute atomic E-state index is 6.41. The lowest BCUT2D eigenvalue weighted by Gasteiger charge is -2.48. The Hall–Kier alpha value is -0.440. The topological polar surface area (TPSA) is 15.3 Å². The van der Waals surface area contributed by atoms with Crippen LogP contribution in [-0.2, 0) is 0 Å². The van der Waals surface area contributed by atoms with Gasteiger partial charge in [0.25, 0.3) is 0 Å². The van der Waals surface area contributed by atoms with Crippen molar-refractivity contribution in [2.45, 2.75) is 51.6 Å². The van der Waals surface area contributed by atoms with Gasteiger partial charge in [0.2, 0.25) is 0 Å². The van der Waals surface area contributed by atoms with Gasteiger partial charge in [0.1, 0.15) is 0 Å². The first-order valence-electron chi connectivity index (χ1n) is 7.52. The zero-order valence-electron chi connectivity index (χ0n) is 12.5. The van der Waals surface area contributed by atoms with E-state index < -0.39 is 0 Å². The van der Waals surface area contributed by atoms with Crippen molar-refractivity contribution in [2.75, 3.05) is 18.0 Å². The minimum absolute atomic E-state index is 0.178. The zero-order chi connectivity index (χ0) is 14.8. The lowest BCUT2D eigenvalue weighted by atomic mass is 9.87. The number of anilines is 1. The van der Waals surface area contributed by atoms with Crippen molar-refractivity contribution in [3.8, 4) is 0 Å². The molecule has 0 amide bonds. The molecule has 0 saturated carbocycles. The molecule has 0 bridgehead atoms. The molecule has 1 aromatic rings. The number of rotatable bonds is 4. The Morgan fingerprint density at radius 3 is 2.55 bits per heavy atom. The highest BCUT2D eigenvalue weighted by atomic mass is 35.5. The Morgan fingerprint density at radius 1 is 1.25 bits per heavy atom. The Kier molecular flexibility index (Phi) is 5.22. The molecule has 0 spiro atoms. The molecule has 1 aliphatic rings. The van der Waals surface area contributed by atoms with Gasteiger partial charge in [0.15, 0.2) is 0 Å². The van der Waals surface area contributed by atoms with Gasteiger partial charge in [0.05, 0.1) is 10.7 Å². The van der Waals surface area contributed by atoms with Crippen molar-refractivity contribution in [3.63, 3.8) is 0 Å². The number of hydrogen-bond donors (Lipinski definition) is 1. The first kappa shape index (κ1) is 15.9. The molecule has 0 radical (unpaired) electrons. The molecule has 1 atom stereocenters. The summed E-state index contributed by atoms with van der Waals surface area (Å²) in [5.41, 5.74) is 1.25. The highest BCUT2D eigenvalue weighted by Gasteiger charge is 2.36. The van der Waals surface area contributed by atoms with Crippen LogP contribution in [0.1, 0.15) is 40.0 Å². The van der Waals surface area contributed by atoms with Crippen molar-refractivity contribution < 1.29 is 0 Å². The lowest BCUT2D eigenvalue weighted by molar-refractivity contribution is 0.246. The Morgan fingerprint density at radius 2 is 1.95 bits per heavy atom. The number of benzene rings is 1. The molecular weight excluding hydrogens is 291 g/mol. The van der Waals surface area contributed by atoms with E-state index in [0.29, 0.717) is 6.04 Å². The van der Waals surface area contributed by atoms with Crippen LogP contribution in [0.2, 0.25) is 10.0 Å². The second-order valence-corrected chi connectivity index (χ2v) is 6.50. The van der Waals surface area contributed by atoms with E-state index in [2.05, 4.69) is 31.0 Å². The molecule has 1 fully saturated rings. The van der Waals surface area contributed by atoms with Gasteiger partial charge in [-0.05, 0) is 37.5 Å². The van der Waals surface area contributed by atoms with Gasteiger partial charge >= 0.3 is 0 Å². The van der Waals surface area contributed by atoms with Crippen LogP contribution in [0.4, 0.5) is 5.69 Å². The third-order valence-corrected chi connectivity index (χ3v) is 5.22. The zero-order valence-corrected chi connectivity index (χ0v) is 14.1. The third-order valence-electron chi connectivity index (χ3n) is 4.67. The van der Waals surface area contributed by atoms with E-state index in [4.69, 9.17) is 23.2 Å². The second-order valence-electron chi connectivity index (χ2n) is 5.65. The highest BCUT2D eigenvalue weighted by Crippen LogP contribution is 2.34. The van der Waals surface area contributed by atoms with Gasteiger partial charge in [0, 0.05) is 29.7 Å². The number of halogens is 2. The monoisotopic (exact) mass is 314 g/mol. The van der Waals surface area contributed by atoms with E-state index in [1.807, 2.05) is 18.2 Å². The van der Waals surface area contributed by atoms with Gasteiger partial charge in [-0.1, -0.05) is 44.0 Å². The molecule has 1 heterocycles. The molecular formula is C16H24Cl2N2. The minimum Gasteiger partial charge on any atom is -0.364 e. The van der Waals surface area contributed by atoms with E-state index >= 15 is 0 Å². The van der Waals surface area contributed by atoms with Crippen LogP contribution in [0.25, 0.3) is 0 Å². The van der Waals surface area contributed by atoms with E-state index in [1.54, 1.807) is 0 Å². The fourth-order valence-electron chi connectivity index (χ4n) is 3.03. The standard InChI is InChI=1S/C16H24Cl2N2/c1-4-13-10-19-16(5-2,6-3)11-20(13)15-9-12(17)7-8-14(15)18/h7-9,13,19H,4-6,10-11H2,1-3H3. The Bertz CT molecular complexity index is 458. The quantitative estimate of drug-likeness (QED) is 0.863. The molecule has 1 unspecified atom stereocenters. The molecule has 1 aromatic carbocycles. The maximum Gasteiger partial charge on any atom is 0.0640 e. The molecule has 112 valence electrons. The molecule has 1 aliphatic heterocycles. The second kappa shape index (κ2) is 6.55. The summed E-state index contributed by atoms with van der Waals surface area (Å²) >= 11 is 12.6. The SMILES string of the molecule is CCC1CNC(CC)(CC)CN1c1cc(Cl)ccc1Cl. The number of nitrogens with one attached hydrogen (secondary N) is 1. The van der Waals surface area contributed by atoms with Crippen molar-refractivity contribution in [1.29, 1.82) is 0 Å². The predicted octanol–water partition coefficient (Wildman–Crippen LogP) is 4.74. The van der Waals surface area contributed by atoms with Crippen molar-refractivity contribution in [1.82, 2.24) is 5.32 Å². The number of nitrogens with zero attached hydrogens (tertiary/aromatic N) is 1. The van der Waals surface area contributed by atoms with Gasteiger partial charge in [-0.15, -0.1) is 0 Å². The van der Waals surface area contributed by atoms with Crippen LogP contribution < -0.4 is 10.2 Å². The molecule has 1 saturated heterocycles. The van der Waals surface area contributed by atoms with Gasteiger partial charge in [-0.25, -0.2) is 0 Å². The molecule has 0 aromatic heterocycles. The molecule has 4 heteroatoms. The average molecular weight is 315 g/mol. The van der Waals surface area contributed by atoms with Crippen LogP contribution >= 0.6 is 23.2 Å². The molecule has 2 rings (SSSR count).